The van der Waals surface area contributed by atoms with Gasteiger partial charge in [-0.1, -0.05) is 121 Å². The smallest absolute Gasteiger partial charge is 0.238 e. The molecular formula is C47H26N4O2. The Labute approximate surface area is 301 Å². The highest BCUT2D eigenvalue weighted by molar-refractivity contribution is 6.22. The predicted octanol–water partition coefficient (Wildman–Crippen LogP) is 12.4. The number of benzene rings is 8. The molecule has 12 aromatic rings. The molecule has 0 aliphatic heterocycles. The van der Waals surface area contributed by atoms with E-state index in [1.807, 2.05) is 24.3 Å². The maximum absolute atomic E-state index is 6.62. The second kappa shape index (κ2) is 10.6. The first kappa shape index (κ1) is 28.4. The number of hydrogen-bond acceptors (Lipinski definition) is 5. The van der Waals surface area contributed by atoms with Crippen molar-refractivity contribution < 1.29 is 8.83 Å². The van der Waals surface area contributed by atoms with Crippen LogP contribution in [0.2, 0.25) is 0 Å². The van der Waals surface area contributed by atoms with Crippen molar-refractivity contribution in [3.63, 3.8) is 0 Å². The van der Waals surface area contributed by atoms with Gasteiger partial charge in [-0.05, 0) is 47.2 Å². The summed E-state index contributed by atoms with van der Waals surface area (Å²) in [5, 5.41) is 10.4. The van der Waals surface area contributed by atoms with Crippen LogP contribution in [0.15, 0.2) is 167 Å². The van der Waals surface area contributed by atoms with Crippen molar-refractivity contribution in [3.05, 3.63) is 158 Å². The van der Waals surface area contributed by atoms with Crippen LogP contribution < -0.4 is 0 Å². The summed E-state index contributed by atoms with van der Waals surface area (Å²) in [5.41, 5.74) is 7.06. The minimum Gasteiger partial charge on any atom is -0.455 e. The summed E-state index contributed by atoms with van der Waals surface area (Å²) in [6, 6.07) is 54.3. The first-order valence-corrected chi connectivity index (χ1v) is 17.7. The largest absolute Gasteiger partial charge is 0.455 e. The summed E-state index contributed by atoms with van der Waals surface area (Å²) in [4.78, 5) is 16.2. The average Bonchev–Trinajstić information content (AvgIpc) is 3.91. The fourth-order valence-electron chi connectivity index (χ4n) is 8.32. The Morgan fingerprint density at radius 2 is 0.774 bits per heavy atom. The molecule has 0 N–H and O–H groups in total. The first-order valence-electron chi connectivity index (χ1n) is 17.7. The van der Waals surface area contributed by atoms with Crippen LogP contribution in [-0.4, -0.2) is 19.5 Å². The molecule has 0 unspecified atom stereocenters. The number of para-hydroxylation sites is 4. The lowest BCUT2D eigenvalue weighted by molar-refractivity contribution is 0.672. The van der Waals surface area contributed by atoms with E-state index in [1.165, 1.54) is 0 Å². The Hall–Kier alpha value is -7.31. The van der Waals surface area contributed by atoms with Crippen molar-refractivity contribution in [2.75, 3.05) is 0 Å². The molecule has 0 saturated carbocycles. The molecular weight excluding hydrogens is 653 g/mol. The SMILES string of the molecule is c1ccc2c(c1)cc(-c1nc(-c3cc4ccccc4c4oc5ccccc5c34)nc(-n3c4ccccc4c4ccccc43)n1)c1c3ccccc3oc21. The minimum absolute atomic E-state index is 0.533. The van der Waals surface area contributed by atoms with Gasteiger partial charge < -0.3 is 8.83 Å². The highest BCUT2D eigenvalue weighted by Gasteiger charge is 2.24. The molecule has 0 saturated heterocycles. The van der Waals surface area contributed by atoms with Gasteiger partial charge in [-0.25, -0.2) is 4.98 Å². The number of nitrogens with zero attached hydrogens (tertiary/aromatic N) is 4. The zero-order valence-electron chi connectivity index (χ0n) is 28.1. The van der Waals surface area contributed by atoms with E-state index in [0.717, 1.165) is 98.4 Å². The molecule has 0 amide bonds. The molecule has 4 aromatic heterocycles. The van der Waals surface area contributed by atoms with E-state index in [0.29, 0.717) is 17.6 Å². The maximum atomic E-state index is 6.62. The quantitative estimate of drug-likeness (QED) is 0.186. The van der Waals surface area contributed by atoms with Crippen LogP contribution in [0, 0.1) is 0 Å². The third kappa shape index (κ3) is 4.00. The summed E-state index contributed by atoms with van der Waals surface area (Å²) in [6.07, 6.45) is 0. The summed E-state index contributed by atoms with van der Waals surface area (Å²) < 4.78 is 15.4. The van der Waals surface area contributed by atoms with Crippen LogP contribution in [0.5, 0.6) is 0 Å². The normalized spacial score (nSPS) is 12.2. The van der Waals surface area contributed by atoms with Gasteiger partial charge in [-0.15, -0.1) is 0 Å². The minimum atomic E-state index is 0.533. The van der Waals surface area contributed by atoms with Gasteiger partial charge in [0, 0.05) is 54.2 Å². The lowest BCUT2D eigenvalue weighted by Crippen LogP contribution is -2.06. The third-order valence-corrected chi connectivity index (χ3v) is 10.6. The maximum Gasteiger partial charge on any atom is 0.238 e. The Balaban J connectivity index is 1.27. The molecule has 0 fully saturated rings. The van der Waals surface area contributed by atoms with E-state index in [4.69, 9.17) is 23.8 Å². The molecule has 6 nitrogen and oxygen atoms in total. The molecule has 246 valence electrons. The second-order valence-electron chi connectivity index (χ2n) is 13.5. The van der Waals surface area contributed by atoms with E-state index in [9.17, 15) is 0 Å². The van der Waals surface area contributed by atoms with Gasteiger partial charge in [0.1, 0.15) is 22.3 Å². The molecule has 8 aromatic carbocycles. The molecule has 12 rings (SSSR count). The standard InChI is InChI=1S/C47H26N4O2/c1-3-15-29-27(13-1)25-35(41-33-19-7-11-23-39(33)52-43(29)41)45-48-46(50-47(49-45)51-37-21-9-5-17-31(37)32-18-6-10-22-38(32)51)36-26-28-14-2-4-16-30(28)44-42(36)34-20-8-12-24-40(34)53-44/h1-26H. The zero-order valence-corrected chi connectivity index (χ0v) is 28.1. The van der Waals surface area contributed by atoms with Gasteiger partial charge in [0.25, 0.3) is 0 Å². The molecule has 0 radical (unpaired) electrons. The number of fused-ring (bicyclic) bond motifs is 13. The number of aromatic nitrogens is 4. The summed E-state index contributed by atoms with van der Waals surface area (Å²) in [5.74, 6) is 1.65. The van der Waals surface area contributed by atoms with Crippen molar-refractivity contribution in [3.8, 4) is 28.7 Å². The van der Waals surface area contributed by atoms with Gasteiger partial charge >= 0.3 is 0 Å². The van der Waals surface area contributed by atoms with Crippen LogP contribution in [0.1, 0.15) is 0 Å². The Morgan fingerprint density at radius 1 is 0.377 bits per heavy atom. The lowest BCUT2D eigenvalue weighted by Gasteiger charge is -2.13. The van der Waals surface area contributed by atoms with Crippen LogP contribution in [0.4, 0.5) is 0 Å². The number of furan rings is 2. The van der Waals surface area contributed by atoms with Crippen LogP contribution in [0.3, 0.4) is 0 Å². The van der Waals surface area contributed by atoms with Crippen LogP contribution >= 0.6 is 0 Å². The van der Waals surface area contributed by atoms with Crippen molar-refractivity contribution >= 4 is 87.2 Å². The van der Waals surface area contributed by atoms with Crippen LogP contribution in [0.25, 0.3) is 116 Å². The van der Waals surface area contributed by atoms with Gasteiger partial charge in [0.2, 0.25) is 5.95 Å². The Morgan fingerprint density at radius 3 is 1.26 bits per heavy atom. The molecule has 0 bridgehead atoms. The molecule has 0 atom stereocenters. The highest BCUT2D eigenvalue weighted by atomic mass is 16.3. The van der Waals surface area contributed by atoms with E-state index >= 15 is 0 Å². The Bertz CT molecular complexity index is 3250. The van der Waals surface area contributed by atoms with Crippen molar-refractivity contribution in [1.29, 1.82) is 0 Å². The molecule has 0 aliphatic rings. The van der Waals surface area contributed by atoms with Gasteiger partial charge in [-0.2, -0.15) is 9.97 Å². The van der Waals surface area contributed by atoms with Crippen molar-refractivity contribution in [2.45, 2.75) is 0 Å². The summed E-state index contributed by atoms with van der Waals surface area (Å²) >= 11 is 0. The first-order chi connectivity index (χ1) is 26.3. The second-order valence-corrected chi connectivity index (χ2v) is 13.5. The Kier molecular flexibility index (Phi) is 5.68. The van der Waals surface area contributed by atoms with Crippen molar-refractivity contribution in [1.82, 2.24) is 19.5 Å². The molecule has 53 heavy (non-hydrogen) atoms. The van der Waals surface area contributed by atoms with Gasteiger partial charge in [0.05, 0.1) is 11.0 Å². The lowest BCUT2D eigenvalue weighted by atomic mass is 9.98. The monoisotopic (exact) mass is 678 g/mol. The fourth-order valence-corrected chi connectivity index (χ4v) is 8.32. The highest BCUT2D eigenvalue weighted by Crippen LogP contribution is 2.43. The molecule has 6 heteroatoms. The summed E-state index contributed by atoms with van der Waals surface area (Å²) in [7, 11) is 0. The molecule has 0 spiro atoms. The van der Waals surface area contributed by atoms with E-state index in [-0.39, 0.29) is 0 Å². The van der Waals surface area contributed by atoms with Crippen molar-refractivity contribution in [2.24, 2.45) is 0 Å². The average molecular weight is 679 g/mol. The molecule has 4 heterocycles. The topological polar surface area (TPSA) is 69.9 Å². The number of rotatable bonds is 3. The number of hydrogen-bond donors (Lipinski definition) is 0. The van der Waals surface area contributed by atoms with E-state index in [2.05, 4.69) is 138 Å². The van der Waals surface area contributed by atoms with E-state index in [1.54, 1.807) is 0 Å². The van der Waals surface area contributed by atoms with Gasteiger partial charge in [-0.3, -0.25) is 4.57 Å². The van der Waals surface area contributed by atoms with Crippen LogP contribution in [-0.2, 0) is 0 Å². The fraction of sp³-hybridized carbons (Fsp3) is 0. The zero-order chi connectivity index (χ0) is 34.6. The van der Waals surface area contributed by atoms with E-state index < -0.39 is 0 Å². The summed E-state index contributed by atoms with van der Waals surface area (Å²) in [6.45, 7) is 0. The predicted molar refractivity (Wildman–Crippen MR) is 215 cm³/mol. The van der Waals surface area contributed by atoms with Gasteiger partial charge in [0.15, 0.2) is 11.6 Å². The third-order valence-electron chi connectivity index (χ3n) is 10.6. The molecule has 0 aliphatic carbocycles.